The summed E-state index contributed by atoms with van der Waals surface area (Å²) in [7, 11) is 0. The summed E-state index contributed by atoms with van der Waals surface area (Å²) < 4.78 is 6.81. The van der Waals surface area contributed by atoms with Crippen molar-refractivity contribution in [2.45, 2.75) is 33.6 Å². The smallest absolute Gasteiger partial charge is 0.324 e. The average Bonchev–Trinajstić information content (AvgIpc) is 3.41. The molecule has 0 amide bonds. The van der Waals surface area contributed by atoms with Crippen molar-refractivity contribution < 1.29 is 4.52 Å². The normalized spacial score (nSPS) is 14.9. The second-order valence-electron chi connectivity index (χ2n) is 8.20. The molecule has 0 saturated carbocycles. The quantitative estimate of drug-likeness (QED) is 0.504. The zero-order valence-corrected chi connectivity index (χ0v) is 18.6. The molecular weight excluding hydrogens is 396 g/mol. The first kappa shape index (κ1) is 19.3. The van der Waals surface area contributed by atoms with E-state index in [2.05, 4.69) is 62.4 Å². The SMILES string of the molecule is Cc1cc(-c2[nH]c3cc(-c4noc(N5CCNCC5)n4)sc3c2C(C)C)cc(C)n1. The molecule has 0 aromatic carbocycles. The third kappa shape index (κ3) is 3.40. The maximum Gasteiger partial charge on any atom is 0.324 e. The maximum atomic E-state index is 5.55. The summed E-state index contributed by atoms with van der Waals surface area (Å²) in [5.74, 6) is 1.04. The molecule has 0 aliphatic carbocycles. The van der Waals surface area contributed by atoms with Crippen LogP contribution in [0.4, 0.5) is 6.01 Å². The number of pyridine rings is 1. The third-order valence-corrected chi connectivity index (χ3v) is 6.64. The fourth-order valence-electron chi connectivity index (χ4n) is 4.17. The van der Waals surface area contributed by atoms with Crippen molar-refractivity contribution in [1.29, 1.82) is 0 Å². The van der Waals surface area contributed by atoms with Gasteiger partial charge in [0.25, 0.3) is 0 Å². The number of nitrogens with zero attached hydrogens (tertiary/aromatic N) is 4. The Morgan fingerprint density at radius 3 is 2.50 bits per heavy atom. The molecule has 0 atom stereocenters. The lowest BCUT2D eigenvalue weighted by atomic mass is 9.99. The second kappa shape index (κ2) is 7.52. The summed E-state index contributed by atoms with van der Waals surface area (Å²) in [4.78, 5) is 16.0. The van der Waals surface area contributed by atoms with Gasteiger partial charge in [0.05, 0.1) is 20.8 Å². The van der Waals surface area contributed by atoms with E-state index in [4.69, 9.17) is 4.52 Å². The first-order valence-corrected chi connectivity index (χ1v) is 11.2. The number of anilines is 1. The van der Waals surface area contributed by atoms with E-state index in [0.717, 1.165) is 48.0 Å². The van der Waals surface area contributed by atoms with Gasteiger partial charge < -0.3 is 19.7 Å². The van der Waals surface area contributed by atoms with Gasteiger partial charge in [0.2, 0.25) is 5.82 Å². The topological polar surface area (TPSA) is 82.9 Å². The van der Waals surface area contributed by atoms with Crippen LogP contribution in [0.5, 0.6) is 0 Å². The van der Waals surface area contributed by atoms with Crippen LogP contribution in [0.3, 0.4) is 0 Å². The molecule has 0 radical (unpaired) electrons. The molecule has 0 unspecified atom stereocenters. The molecule has 1 fully saturated rings. The van der Waals surface area contributed by atoms with E-state index in [9.17, 15) is 0 Å². The van der Waals surface area contributed by atoms with Crippen LogP contribution in [-0.4, -0.2) is 46.3 Å². The molecule has 1 saturated heterocycles. The summed E-state index contributed by atoms with van der Waals surface area (Å²) in [6.45, 7) is 12.2. The van der Waals surface area contributed by atoms with Crippen LogP contribution < -0.4 is 10.2 Å². The molecule has 1 aliphatic heterocycles. The minimum atomic E-state index is 0.385. The molecule has 0 bridgehead atoms. The number of fused-ring (bicyclic) bond motifs is 1. The van der Waals surface area contributed by atoms with Crippen LogP contribution in [0.1, 0.15) is 36.7 Å². The lowest BCUT2D eigenvalue weighted by Crippen LogP contribution is -2.43. The van der Waals surface area contributed by atoms with Crippen molar-refractivity contribution in [3.63, 3.8) is 0 Å². The van der Waals surface area contributed by atoms with E-state index in [1.807, 2.05) is 13.8 Å². The van der Waals surface area contributed by atoms with Crippen LogP contribution in [0.25, 0.3) is 32.2 Å². The van der Waals surface area contributed by atoms with Gasteiger partial charge in [-0.05, 0) is 43.5 Å². The lowest BCUT2D eigenvalue weighted by molar-refractivity contribution is 0.405. The average molecular weight is 423 g/mol. The fraction of sp³-hybridized carbons (Fsp3) is 0.409. The van der Waals surface area contributed by atoms with E-state index >= 15 is 0 Å². The number of nitrogens with one attached hydrogen (secondary N) is 2. The van der Waals surface area contributed by atoms with E-state index in [1.165, 1.54) is 21.5 Å². The Hall–Kier alpha value is -2.71. The standard InChI is InChI=1S/C22H26N6OS/c1-12(2)18-19(15-9-13(3)24-14(4)10-15)25-16-11-17(30-20(16)18)21-26-22(29-27-21)28-7-5-23-6-8-28/h9-12,23,25H,5-8H2,1-4H3. The third-order valence-electron chi connectivity index (χ3n) is 5.48. The summed E-state index contributed by atoms with van der Waals surface area (Å²) in [5.41, 5.74) is 6.89. The van der Waals surface area contributed by atoms with E-state index < -0.39 is 0 Å². The van der Waals surface area contributed by atoms with Crippen LogP contribution in [0, 0.1) is 13.8 Å². The van der Waals surface area contributed by atoms with E-state index in [0.29, 0.717) is 17.8 Å². The highest BCUT2D eigenvalue weighted by atomic mass is 32.1. The van der Waals surface area contributed by atoms with Gasteiger partial charge in [0.1, 0.15) is 0 Å². The van der Waals surface area contributed by atoms with Gasteiger partial charge in [-0.2, -0.15) is 4.98 Å². The molecule has 156 valence electrons. The Morgan fingerprint density at radius 2 is 1.80 bits per heavy atom. The lowest BCUT2D eigenvalue weighted by Gasteiger charge is -2.24. The van der Waals surface area contributed by atoms with Gasteiger partial charge in [0.15, 0.2) is 0 Å². The first-order valence-electron chi connectivity index (χ1n) is 10.4. The second-order valence-corrected chi connectivity index (χ2v) is 9.25. The summed E-state index contributed by atoms with van der Waals surface area (Å²) >= 11 is 1.73. The number of rotatable bonds is 4. The van der Waals surface area contributed by atoms with Gasteiger partial charge in [-0.3, -0.25) is 4.98 Å². The number of thiophene rings is 1. The Morgan fingerprint density at radius 1 is 1.07 bits per heavy atom. The molecule has 1 aliphatic rings. The van der Waals surface area contributed by atoms with Gasteiger partial charge in [0, 0.05) is 43.1 Å². The van der Waals surface area contributed by atoms with Crippen molar-refractivity contribution in [3.05, 3.63) is 35.2 Å². The van der Waals surface area contributed by atoms with E-state index in [-0.39, 0.29) is 0 Å². The molecule has 2 N–H and O–H groups in total. The van der Waals surface area contributed by atoms with Crippen molar-refractivity contribution in [3.8, 4) is 22.0 Å². The highest BCUT2D eigenvalue weighted by Crippen LogP contribution is 2.42. The number of hydrogen-bond donors (Lipinski definition) is 2. The minimum Gasteiger partial charge on any atom is -0.354 e. The predicted molar refractivity (Wildman–Crippen MR) is 121 cm³/mol. The highest BCUT2D eigenvalue weighted by molar-refractivity contribution is 7.22. The van der Waals surface area contributed by atoms with E-state index in [1.54, 1.807) is 11.3 Å². The monoisotopic (exact) mass is 422 g/mol. The highest BCUT2D eigenvalue weighted by Gasteiger charge is 2.22. The van der Waals surface area contributed by atoms with Gasteiger partial charge in [-0.1, -0.05) is 19.0 Å². The largest absolute Gasteiger partial charge is 0.354 e. The molecule has 4 aromatic heterocycles. The number of aromatic nitrogens is 4. The molecule has 7 nitrogen and oxygen atoms in total. The number of aromatic amines is 1. The minimum absolute atomic E-state index is 0.385. The molecular formula is C22H26N6OS. The summed E-state index contributed by atoms with van der Waals surface area (Å²) in [6, 6.07) is 7.04. The van der Waals surface area contributed by atoms with Crippen LogP contribution >= 0.6 is 11.3 Å². The van der Waals surface area contributed by atoms with Crippen molar-refractivity contribution >= 4 is 27.6 Å². The maximum absolute atomic E-state index is 5.55. The molecule has 4 aromatic rings. The Balaban J connectivity index is 1.54. The van der Waals surface area contributed by atoms with Gasteiger partial charge in [-0.25, -0.2) is 0 Å². The Bertz CT molecular complexity index is 1180. The van der Waals surface area contributed by atoms with Gasteiger partial charge >= 0.3 is 6.01 Å². The van der Waals surface area contributed by atoms with Crippen molar-refractivity contribution in [2.24, 2.45) is 0 Å². The Labute approximate surface area is 179 Å². The molecule has 8 heteroatoms. The van der Waals surface area contributed by atoms with Crippen molar-refractivity contribution in [1.82, 2.24) is 25.4 Å². The first-order chi connectivity index (χ1) is 14.5. The van der Waals surface area contributed by atoms with Gasteiger partial charge in [-0.15, -0.1) is 11.3 Å². The number of H-pyrrole nitrogens is 1. The zero-order valence-electron chi connectivity index (χ0n) is 17.7. The summed E-state index contributed by atoms with van der Waals surface area (Å²) in [6.07, 6.45) is 0. The predicted octanol–water partition coefficient (Wildman–Crippen LogP) is 4.49. The molecule has 5 heterocycles. The molecule has 0 spiro atoms. The number of aryl methyl sites for hydroxylation is 2. The molecule has 5 rings (SSSR count). The van der Waals surface area contributed by atoms with Crippen LogP contribution in [0.15, 0.2) is 22.7 Å². The Kier molecular flexibility index (Phi) is 4.83. The van der Waals surface area contributed by atoms with Crippen LogP contribution in [0.2, 0.25) is 0 Å². The fourth-order valence-corrected chi connectivity index (χ4v) is 5.41. The number of piperazine rings is 1. The number of hydrogen-bond acceptors (Lipinski definition) is 7. The summed E-state index contributed by atoms with van der Waals surface area (Å²) in [5, 5.41) is 7.60. The van der Waals surface area contributed by atoms with Crippen molar-refractivity contribution in [2.75, 3.05) is 31.1 Å². The van der Waals surface area contributed by atoms with Crippen LogP contribution in [-0.2, 0) is 0 Å². The zero-order chi connectivity index (χ0) is 20.8. The molecule has 30 heavy (non-hydrogen) atoms.